The van der Waals surface area contributed by atoms with Crippen LogP contribution in [0.5, 0.6) is 0 Å². The molecule has 0 fully saturated rings. The molecule has 0 spiro atoms. The fourth-order valence-corrected chi connectivity index (χ4v) is 2.00. The Hall–Kier alpha value is -2.23. The molecule has 4 nitrogen and oxygen atoms in total. The molecule has 4 heteroatoms. The summed E-state index contributed by atoms with van der Waals surface area (Å²) < 4.78 is 5.44. The Morgan fingerprint density at radius 3 is 2.65 bits per heavy atom. The van der Waals surface area contributed by atoms with Crippen LogP contribution in [0.15, 0.2) is 47.1 Å². The van der Waals surface area contributed by atoms with Crippen LogP contribution in [0.4, 0.5) is 11.4 Å². The van der Waals surface area contributed by atoms with Crippen molar-refractivity contribution in [1.29, 1.82) is 0 Å². The summed E-state index contributed by atoms with van der Waals surface area (Å²) >= 11 is 0. The van der Waals surface area contributed by atoms with Gasteiger partial charge in [0.05, 0.1) is 12.3 Å². The summed E-state index contributed by atoms with van der Waals surface area (Å²) in [7, 11) is 0. The van der Waals surface area contributed by atoms with Crippen LogP contribution in [0, 0.1) is 0 Å². The van der Waals surface area contributed by atoms with Gasteiger partial charge in [-0.1, -0.05) is 19.9 Å². The van der Waals surface area contributed by atoms with Crippen LogP contribution < -0.4 is 10.6 Å². The molecule has 0 radical (unpaired) electrons. The van der Waals surface area contributed by atoms with Crippen molar-refractivity contribution in [3.63, 3.8) is 0 Å². The summed E-state index contributed by atoms with van der Waals surface area (Å²) in [5, 5.41) is 6.27. The van der Waals surface area contributed by atoms with Crippen LogP contribution in [0.2, 0.25) is 0 Å². The third-order valence-corrected chi connectivity index (χ3v) is 3.10. The van der Waals surface area contributed by atoms with Crippen molar-refractivity contribution < 1.29 is 9.21 Å². The SMILES string of the molecule is CCC(=O)Nc1cccc(NC(CC)c2ccco2)c1. The van der Waals surface area contributed by atoms with Crippen molar-refractivity contribution in [2.75, 3.05) is 10.6 Å². The summed E-state index contributed by atoms with van der Waals surface area (Å²) in [5.74, 6) is 0.927. The third kappa shape index (κ3) is 3.63. The molecule has 1 amide bonds. The minimum absolute atomic E-state index is 0.0141. The van der Waals surface area contributed by atoms with E-state index in [4.69, 9.17) is 4.42 Å². The highest BCUT2D eigenvalue weighted by atomic mass is 16.3. The predicted octanol–water partition coefficient (Wildman–Crippen LogP) is 4.19. The maximum absolute atomic E-state index is 11.4. The van der Waals surface area contributed by atoms with E-state index >= 15 is 0 Å². The lowest BCUT2D eigenvalue weighted by atomic mass is 10.1. The zero-order chi connectivity index (χ0) is 14.4. The van der Waals surface area contributed by atoms with Crippen molar-refractivity contribution in [1.82, 2.24) is 0 Å². The summed E-state index contributed by atoms with van der Waals surface area (Å²) in [6.07, 6.45) is 3.07. The average molecular weight is 272 g/mol. The number of hydrogen-bond acceptors (Lipinski definition) is 3. The molecule has 0 aliphatic carbocycles. The number of benzene rings is 1. The number of furan rings is 1. The minimum Gasteiger partial charge on any atom is -0.467 e. The van der Waals surface area contributed by atoms with Crippen molar-refractivity contribution in [2.24, 2.45) is 0 Å². The van der Waals surface area contributed by atoms with Crippen molar-refractivity contribution in [2.45, 2.75) is 32.7 Å². The fourth-order valence-electron chi connectivity index (χ4n) is 2.00. The molecule has 1 unspecified atom stereocenters. The molecule has 0 bridgehead atoms. The van der Waals surface area contributed by atoms with Crippen LogP contribution in [0.3, 0.4) is 0 Å². The predicted molar refractivity (Wildman–Crippen MR) is 80.7 cm³/mol. The van der Waals surface area contributed by atoms with Gasteiger partial charge in [0.15, 0.2) is 0 Å². The summed E-state index contributed by atoms with van der Waals surface area (Å²) in [6.45, 7) is 3.93. The van der Waals surface area contributed by atoms with Gasteiger partial charge in [-0.25, -0.2) is 0 Å². The van der Waals surface area contributed by atoms with Gasteiger partial charge in [-0.15, -0.1) is 0 Å². The molecular formula is C16H20N2O2. The number of hydrogen-bond donors (Lipinski definition) is 2. The second-order valence-corrected chi connectivity index (χ2v) is 4.60. The number of carbonyl (C=O) groups is 1. The van der Waals surface area contributed by atoms with Gasteiger partial charge in [-0.3, -0.25) is 4.79 Å². The molecule has 2 aromatic rings. The Balaban J connectivity index is 2.08. The zero-order valence-corrected chi connectivity index (χ0v) is 11.8. The quantitative estimate of drug-likeness (QED) is 0.829. The molecule has 106 valence electrons. The van der Waals surface area contributed by atoms with Gasteiger partial charge >= 0.3 is 0 Å². The van der Waals surface area contributed by atoms with Crippen molar-refractivity contribution >= 4 is 17.3 Å². The van der Waals surface area contributed by atoms with E-state index < -0.39 is 0 Å². The number of carbonyl (C=O) groups excluding carboxylic acids is 1. The van der Waals surface area contributed by atoms with Gasteiger partial charge in [-0.05, 0) is 36.8 Å². The maximum Gasteiger partial charge on any atom is 0.224 e. The smallest absolute Gasteiger partial charge is 0.224 e. The highest BCUT2D eigenvalue weighted by Gasteiger charge is 2.11. The first-order chi connectivity index (χ1) is 9.72. The van der Waals surface area contributed by atoms with Crippen LogP contribution in [0.1, 0.15) is 38.5 Å². The van der Waals surface area contributed by atoms with Crippen LogP contribution in [0.25, 0.3) is 0 Å². The molecule has 0 aliphatic rings. The van der Waals surface area contributed by atoms with E-state index in [1.165, 1.54) is 0 Å². The highest BCUT2D eigenvalue weighted by Crippen LogP contribution is 2.24. The second kappa shape index (κ2) is 6.80. The molecule has 0 saturated heterocycles. The first-order valence-electron chi connectivity index (χ1n) is 6.92. The van der Waals surface area contributed by atoms with Crippen LogP contribution in [-0.4, -0.2) is 5.91 Å². The van der Waals surface area contributed by atoms with Gasteiger partial charge in [0.25, 0.3) is 0 Å². The van der Waals surface area contributed by atoms with Crippen molar-refractivity contribution in [3.8, 4) is 0 Å². The van der Waals surface area contributed by atoms with Gasteiger partial charge in [0.1, 0.15) is 5.76 Å². The largest absolute Gasteiger partial charge is 0.467 e. The first kappa shape index (κ1) is 14.2. The van der Waals surface area contributed by atoms with E-state index in [2.05, 4.69) is 17.6 Å². The monoisotopic (exact) mass is 272 g/mol. The molecule has 1 heterocycles. The Morgan fingerprint density at radius 1 is 1.20 bits per heavy atom. The number of rotatable bonds is 6. The standard InChI is InChI=1S/C16H20N2O2/c1-3-14(15-9-6-10-20-15)17-12-7-5-8-13(11-12)18-16(19)4-2/h5-11,14,17H,3-4H2,1-2H3,(H,18,19). The maximum atomic E-state index is 11.4. The minimum atomic E-state index is 0.0141. The molecule has 0 aliphatic heterocycles. The van der Waals surface area contributed by atoms with Gasteiger partial charge in [0, 0.05) is 17.8 Å². The Bertz CT molecular complexity index is 549. The van der Waals surface area contributed by atoms with E-state index in [0.29, 0.717) is 6.42 Å². The summed E-state index contributed by atoms with van der Waals surface area (Å²) in [4.78, 5) is 11.4. The van der Waals surface area contributed by atoms with Crippen LogP contribution >= 0.6 is 0 Å². The summed E-state index contributed by atoms with van der Waals surface area (Å²) in [5.41, 5.74) is 1.76. The van der Waals surface area contributed by atoms with Gasteiger partial charge < -0.3 is 15.1 Å². The van der Waals surface area contributed by atoms with Crippen molar-refractivity contribution in [3.05, 3.63) is 48.4 Å². The lowest BCUT2D eigenvalue weighted by Crippen LogP contribution is -2.11. The first-order valence-corrected chi connectivity index (χ1v) is 6.92. The summed E-state index contributed by atoms with van der Waals surface area (Å²) in [6, 6.07) is 11.7. The Morgan fingerprint density at radius 2 is 2.00 bits per heavy atom. The lowest BCUT2D eigenvalue weighted by molar-refractivity contribution is -0.115. The van der Waals surface area contributed by atoms with Gasteiger partial charge in [0.2, 0.25) is 5.91 Å². The Labute approximate surface area is 119 Å². The van der Waals surface area contributed by atoms with E-state index in [1.54, 1.807) is 6.26 Å². The highest BCUT2D eigenvalue weighted by molar-refractivity contribution is 5.90. The lowest BCUT2D eigenvalue weighted by Gasteiger charge is -2.16. The van der Waals surface area contributed by atoms with E-state index in [-0.39, 0.29) is 11.9 Å². The molecule has 1 aromatic carbocycles. The van der Waals surface area contributed by atoms with Crippen LogP contribution in [-0.2, 0) is 4.79 Å². The second-order valence-electron chi connectivity index (χ2n) is 4.60. The number of nitrogens with one attached hydrogen (secondary N) is 2. The normalized spacial score (nSPS) is 11.9. The van der Waals surface area contributed by atoms with Gasteiger partial charge in [-0.2, -0.15) is 0 Å². The molecule has 2 N–H and O–H groups in total. The van der Waals surface area contributed by atoms with E-state index in [9.17, 15) is 4.79 Å². The number of amides is 1. The average Bonchev–Trinajstić information content (AvgIpc) is 2.99. The van der Waals surface area contributed by atoms with E-state index in [0.717, 1.165) is 23.6 Å². The van der Waals surface area contributed by atoms with E-state index in [1.807, 2.05) is 43.3 Å². The zero-order valence-electron chi connectivity index (χ0n) is 11.8. The fraction of sp³-hybridized carbons (Fsp3) is 0.312. The molecular weight excluding hydrogens is 252 g/mol. The topological polar surface area (TPSA) is 54.3 Å². The Kier molecular flexibility index (Phi) is 4.82. The molecule has 1 atom stereocenters. The number of anilines is 2. The molecule has 20 heavy (non-hydrogen) atoms. The third-order valence-electron chi connectivity index (χ3n) is 3.10. The molecule has 2 rings (SSSR count). The molecule has 1 aromatic heterocycles. The molecule has 0 saturated carbocycles.